The van der Waals surface area contributed by atoms with Gasteiger partial charge in [0, 0.05) is 6.42 Å². The van der Waals surface area contributed by atoms with Crippen molar-refractivity contribution in [1.82, 2.24) is 0 Å². The van der Waals surface area contributed by atoms with Crippen LogP contribution in [0.25, 0.3) is 0 Å². The highest BCUT2D eigenvalue weighted by molar-refractivity contribution is 5.22. The zero-order valence-electron chi connectivity index (χ0n) is 9.13. The zero-order valence-corrected chi connectivity index (χ0v) is 9.13. The Morgan fingerprint density at radius 3 is 2.60 bits per heavy atom. The fraction of sp³-hybridized carbons (Fsp3) is 0.846. The Bertz CT molecular complexity index is 305. The Morgan fingerprint density at radius 2 is 2.00 bits per heavy atom. The average molecular weight is 206 g/mol. The van der Waals surface area contributed by atoms with Crippen molar-refractivity contribution in [3.05, 3.63) is 12.8 Å². The summed E-state index contributed by atoms with van der Waals surface area (Å²) in [5.41, 5.74) is 1.04. The largest absolute Gasteiger partial charge is 0.496 e. The van der Waals surface area contributed by atoms with Gasteiger partial charge in [0.05, 0.1) is 11.9 Å². The van der Waals surface area contributed by atoms with Gasteiger partial charge < -0.3 is 9.47 Å². The van der Waals surface area contributed by atoms with E-state index in [1.165, 1.54) is 38.5 Å². The van der Waals surface area contributed by atoms with Crippen LogP contribution in [0.1, 0.15) is 44.9 Å². The molecule has 0 aromatic heterocycles. The number of hydrogen-bond donors (Lipinski definition) is 0. The number of hydrogen-bond acceptors (Lipinski definition) is 2. The van der Waals surface area contributed by atoms with Crippen LogP contribution in [0.4, 0.5) is 0 Å². The standard InChI is InChI=1S/C13H18O2/c1-2-14-10-7-13(10)9-11(3-4-11)8-12(15-13)5-6-12/h2,10H,1,3-9H2/t10-,13?/m1/s1. The van der Waals surface area contributed by atoms with Gasteiger partial charge in [-0.2, -0.15) is 0 Å². The molecule has 3 spiro atoms. The molecular formula is C13H18O2. The van der Waals surface area contributed by atoms with E-state index in [1.54, 1.807) is 6.26 Å². The Hall–Kier alpha value is -0.500. The SMILES string of the molecule is C=CO[C@@H]1CC12CC1(CC1)CC1(CC1)O2. The van der Waals surface area contributed by atoms with Crippen LogP contribution in [-0.2, 0) is 9.47 Å². The molecule has 4 rings (SSSR count). The third-order valence-corrected chi connectivity index (χ3v) is 4.77. The Balaban J connectivity index is 1.58. The van der Waals surface area contributed by atoms with E-state index >= 15 is 0 Å². The molecule has 0 N–H and O–H groups in total. The van der Waals surface area contributed by atoms with Crippen molar-refractivity contribution in [2.75, 3.05) is 0 Å². The minimum atomic E-state index is 0.0967. The van der Waals surface area contributed by atoms with Crippen LogP contribution in [0.5, 0.6) is 0 Å². The van der Waals surface area contributed by atoms with Gasteiger partial charge in [0.2, 0.25) is 0 Å². The molecule has 0 aromatic rings. The molecule has 1 heterocycles. The molecule has 1 unspecified atom stereocenters. The maximum absolute atomic E-state index is 6.35. The third kappa shape index (κ3) is 1.14. The lowest BCUT2D eigenvalue weighted by atomic mass is 9.86. The Morgan fingerprint density at radius 1 is 1.20 bits per heavy atom. The monoisotopic (exact) mass is 206 g/mol. The molecule has 0 amide bonds. The van der Waals surface area contributed by atoms with Gasteiger partial charge in [0.15, 0.2) is 0 Å². The first-order valence-corrected chi connectivity index (χ1v) is 6.17. The lowest BCUT2D eigenvalue weighted by Crippen LogP contribution is -2.39. The zero-order chi connectivity index (χ0) is 10.1. The minimum Gasteiger partial charge on any atom is -0.496 e. The van der Waals surface area contributed by atoms with E-state index in [2.05, 4.69) is 6.58 Å². The lowest BCUT2D eigenvalue weighted by molar-refractivity contribution is -0.128. The summed E-state index contributed by atoms with van der Waals surface area (Å²) in [4.78, 5) is 0. The number of ether oxygens (including phenoxy) is 2. The van der Waals surface area contributed by atoms with Crippen LogP contribution in [0.3, 0.4) is 0 Å². The van der Waals surface area contributed by atoms with E-state index in [0.717, 1.165) is 6.42 Å². The van der Waals surface area contributed by atoms with Crippen LogP contribution in [0, 0.1) is 5.41 Å². The van der Waals surface area contributed by atoms with Gasteiger partial charge in [0.1, 0.15) is 11.7 Å². The summed E-state index contributed by atoms with van der Waals surface area (Å²) in [7, 11) is 0. The summed E-state index contributed by atoms with van der Waals surface area (Å²) in [6, 6.07) is 0. The van der Waals surface area contributed by atoms with Gasteiger partial charge in [-0.15, -0.1) is 0 Å². The van der Waals surface area contributed by atoms with E-state index < -0.39 is 0 Å². The molecule has 3 saturated carbocycles. The highest BCUT2D eigenvalue weighted by Crippen LogP contribution is 2.71. The van der Waals surface area contributed by atoms with Crippen molar-refractivity contribution in [2.45, 2.75) is 62.3 Å². The van der Waals surface area contributed by atoms with Crippen molar-refractivity contribution in [3.8, 4) is 0 Å². The maximum Gasteiger partial charge on any atom is 0.130 e. The molecule has 4 aliphatic rings. The van der Waals surface area contributed by atoms with Crippen molar-refractivity contribution >= 4 is 0 Å². The quantitative estimate of drug-likeness (QED) is 0.647. The minimum absolute atomic E-state index is 0.0967. The Kier molecular flexibility index (Phi) is 1.30. The van der Waals surface area contributed by atoms with Gasteiger partial charge >= 0.3 is 0 Å². The fourth-order valence-electron chi connectivity index (χ4n) is 3.67. The van der Waals surface area contributed by atoms with Crippen molar-refractivity contribution < 1.29 is 9.47 Å². The summed E-state index contributed by atoms with van der Waals surface area (Å²) in [6.45, 7) is 3.65. The molecule has 4 fully saturated rings. The average Bonchev–Trinajstić information content (AvgIpc) is 3.09. The molecule has 1 aliphatic heterocycles. The molecule has 3 aliphatic carbocycles. The topological polar surface area (TPSA) is 18.5 Å². The molecule has 82 valence electrons. The van der Waals surface area contributed by atoms with E-state index in [0.29, 0.717) is 11.5 Å². The first kappa shape index (κ1) is 8.63. The maximum atomic E-state index is 6.35. The first-order valence-electron chi connectivity index (χ1n) is 6.17. The normalized spacial score (nSPS) is 46.8. The predicted octanol–water partition coefficient (Wildman–Crippen LogP) is 2.78. The van der Waals surface area contributed by atoms with E-state index in [4.69, 9.17) is 9.47 Å². The molecule has 0 aromatic carbocycles. The van der Waals surface area contributed by atoms with Crippen molar-refractivity contribution in [3.63, 3.8) is 0 Å². The van der Waals surface area contributed by atoms with Gasteiger partial charge in [-0.05, 0) is 43.9 Å². The van der Waals surface area contributed by atoms with Crippen LogP contribution in [0.2, 0.25) is 0 Å². The van der Waals surface area contributed by atoms with Gasteiger partial charge in [-0.3, -0.25) is 0 Å². The predicted molar refractivity (Wildman–Crippen MR) is 56.4 cm³/mol. The highest BCUT2D eigenvalue weighted by Gasteiger charge is 2.72. The third-order valence-electron chi connectivity index (χ3n) is 4.77. The lowest BCUT2D eigenvalue weighted by Gasteiger charge is -2.37. The summed E-state index contributed by atoms with van der Waals surface area (Å²) in [5.74, 6) is 0. The van der Waals surface area contributed by atoms with Gasteiger partial charge in [-0.1, -0.05) is 6.58 Å². The second-order valence-corrected chi connectivity index (χ2v) is 6.20. The first-order chi connectivity index (χ1) is 7.20. The van der Waals surface area contributed by atoms with Gasteiger partial charge in [-0.25, -0.2) is 0 Å². The molecule has 0 radical (unpaired) electrons. The Labute approximate surface area is 90.6 Å². The smallest absolute Gasteiger partial charge is 0.130 e. The molecule has 1 saturated heterocycles. The summed E-state index contributed by atoms with van der Waals surface area (Å²) >= 11 is 0. The summed E-state index contributed by atoms with van der Waals surface area (Å²) < 4.78 is 11.9. The molecule has 2 heteroatoms. The molecule has 2 nitrogen and oxygen atoms in total. The van der Waals surface area contributed by atoms with E-state index in [1.807, 2.05) is 0 Å². The molecule has 15 heavy (non-hydrogen) atoms. The highest BCUT2D eigenvalue weighted by atomic mass is 16.6. The van der Waals surface area contributed by atoms with Crippen LogP contribution in [0.15, 0.2) is 12.8 Å². The number of rotatable bonds is 2. The van der Waals surface area contributed by atoms with E-state index in [-0.39, 0.29) is 11.2 Å². The van der Waals surface area contributed by atoms with Gasteiger partial charge in [0.25, 0.3) is 0 Å². The molecule has 2 atom stereocenters. The van der Waals surface area contributed by atoms with Crippen LogP contribution in [-0.4, -0.2) is 17.3 Å². The van der Waals surface area contributed by atoms with Crippen LogP contribution < -0.4 is 0 Å². The van der Waals surface area contributed by atoms with Crippen molar-refractivity contribution in [1.29, 1.82) is 0 Å². The van der Waals surface area contributed by atoms with Crippen LogP contribution >= 0.6 is 0 Å². The molecular weight excluding hydrogens is 188 g/mol. The van der Waals surface area contributed by atoms with Crippen molar-refractivity contribution in [2.24, 2.45) is 5.41 Å². The fourth-order valence-corrected chi connectivity index (χ4v) is 3.67. The second kappa shape index (κ2) is 2.27. The summed E-state index contributed by atoms with van der Waals surface area (Å²) in [6.07, 6.45) is 11.0. The second-order valence-electron chi connectivity index (χ2n) is 6.20. The summed E-state index contributed by atoms with van der Waals surface area (Å²) in [5, 5.41) is 0. The van der Waals surface area contributed by atoms with E-state index in [9.17, 15) is 0 Å². The molecule has 0 bridgehead atoms.